The molecule has 0 aliphatic heterocycles. The number of carboxylic acids is 1. The number of amides is 1. The van der Waals surface area contributed by atoms with Crippen molar-refractivity contribution < 1.29 is 14.7 Å². The molecule has 0 radical (unpaired) electrons. The van der Waals surface area contributed by atoms with Gasteiger partial charge in [-0.3, -0.25) is 4.79 Å². The number of hydrogen-bond donors (Lipinski definition) is 1. The molecular formula is C13H16ClNO3S. The van der Waals surface area contributed by atoms with Gasteiger partial charge in [-0.05, 0) is 26.0 Å². The van der Waals surface area contributed by atoms with Gasteiger partial charge in [0.05, 0.1) is 10.3 Å². The molecule has 2 atom stereocenters. The van der Waals surface area contributed by atoms with Gasteiger partial charge < -0.3 is 10.0 Å². The highest BCUT2D eigenvalue weighted by molar-refractivity contribution is 8.00. The summed E-state index contributed by atoms with van der Waals surface area (Å²) >= 11 is 7.35. The number of hydrogen-bond acceptors (Lipinski definition) is 3. The van der Waals surface area contributed by atoms with Gasteiger partial charge in [-0.2, -0.15) is 0 Å². The fraction of sp³-hybridized carbons (Fsp3) is 0.385. The molecule has 1 N–H and O–H groups in total. The molecule has 2 unspecified atom stereocenters. The molecule has 0 saturated carbocycles. The van der Waals surface area contributed by atoms with E-state index in [-0.39, 0.29) is 5.91 Å². The van der Waals surface area contributed by atoms with E-state index in [0.717, 1.165) is 4.90 Å². The van der Waals surface area contributed by atoms with Crippen LogP contribution in [-0.4, -0.2) is 40.2 Å². The summed E-state index contributed by atoms with van der Waals surface area (Å²) in [6, 6.07) is 6.40. The van der Waals surface area contributed by atoms with Crippen LogP contribution in [0.3, 0.4) is 0 Å². The van der Waals surface area contributed by atoms with Crippen LogP contribution in [0.15, 0.2) is 29.2 Å². The van der Waals surface area contributed by atoms with Gasteiger partial charge in [0.2, 0.25) is 5.91 Å². The van der Waals surface area contributed by atoms with Crippen LogP contribution in [0, 0.1) is 0 Å². The first-order valence-corrected chi connectivity index (χ1v) is 7.01. The summed E-state index contributed by atoms with van der Waals surface area (Å²) in [6.45, 7) is 3.22. The molecule has 0 aromatic heterocycles. The Morgan fingerprint density at radius 1 is 1.32 bits per heavy atom. The van der Waals surface area contributed by atoms with Crippen LogP contribution in [0.1, 0.15) is 13.8 Å². The topological polar surface area (TPSA) is 57.6 Å². The normalized spacial score (nSPS) is 13.7. The summed E-state index contributed by atoms with van der Waals surface area (Å²) in [7, 11) is 1.49. The third kappa shape index (κ3) is 4.14. The highest BCUT2D eigenvalue weighted by Gasteiger charge is 2.26. The molecule has 19 heavy (non-hydrogen) atoms. The highest BCUT2D eigenvalue weighted by Crippen LogP contribution is 2.30. The molecule has 1 aromatic carbocycles. The molecule has 0 saturated heterocycles. The highest BCUT2D eigenvalue weighted by atomic mass is 35.5. The quantitative estimate of drug-likeness (QED) is 0.850. The van der Waals surface area contributed by atoms with Crippen molar-refractivity contribution in [2.75, 3.05) is 7.05 Å². The van der Waals surface area contributed by atoms with Gasteiger partial charge in [0, 0.05) is 11.9 Å². The van der Waals surface area contributed by atoms with Crippen LogP contribution < -0.4 is 0 Å². The number of benzene rings is 1. The van der Waals surface area contributed by atoms with Gasteiger partial charge in [-0.25, -0.2) is 4.79 Å². The van der Waals surface area contributed by atoms with Crippen LogP contribution in [0.4, 0.5) is 0 Å². The first kappa shape index (κ1) is 15.9. The number of nitrogens with zero attached hydrogens (tertiary/aromatic N) is 1. The van der Waals surface area contributed by atoms with Crippen LogP contribution in [0.25, 0.3) is 0 Å². The van der Waals surface area contributed by atoms with Gasteiger partial charge in [0.25, 0.3) is 0 Å². The van der Waals surface area contributed by atoms with Crippen molar-refractivity contribution in [2.24, 2.45) is 0 Å². The number of aliphatic carboxylic acids is 1. The number of halogens is 1. The Morgan fingerprint density at radius 2 is 1.89 bits per heavy atom. The van der Waals surface area contributed by atoms with Crippen LogP contribution in [0.5, 0.6) is 0 Å². The first-order chi connectivity index (χ1) is 8.84. The summed E-state index contributed by atoms with van der Waals surface area (Å²) in [4.78, 5) is 25.0. The maximum atomic E-state index is 12.1. The fourth-order valence-electron chi connectivity index (χ4n) is 1.42. The SMILES string of the molecule is CC(Sc1ccccc1Cl)C(=O)N(C)C(C)C(=O)O. The van der Waals surface area contributed by atoms with E-state index in [1.54, 1.807) is 13.0 Å². The third-order valence-electron chi connectivity index (χ3n) is 2.77. The minimum absolute atomic E-state index is 0.236. The van der Waals surface area contributed by atoms with Crippen molar-refractivity contribution in [3.8, 4) is 0 Å². The minimum Gasteiger partial charge on any atom is -0.480 e. The fourth-order valence-corrected chi connectivity index (χ4v) is 2.68. The Morgan fingerprint density at radius 3 is 2.42 bits per heavy atom. The third-order valence-corrected chi connectivity index (χ3v) is 4.38. The molecule has 0 aliphatic carbocycles. The lowest BCUT2D eigenvalue weighted by molar-refractivity contribution is -0.147. The second-order valence-electron chi connectivity index (χ2n) is 4.15. The lowest BCUT2D eigenvalue weighted by Gasteiger charge is -2.24. The lowest BCUT2D eigenvalue weighted by atomic mass is 10.3. The molecule has 1 amide bonds. The Balaban J connectivity index is 2.73. The zero-order valence-electron chi connectivity index (χ0n) is 11.0. The van der Waals surface area contributed by atoms with Crippen molar-refractivity contribution >= 4 is 35.2 Å². The number of carboxylic acid groups (broad SMARTS) is 1. The van der Waals surface area contributed by atoms with Crippen molar-refractivity contribution in [1.29, 1.82) is 0 Å². The average molecular weight is 302 g/mol. The number of carbonyl (C=O) groups is 2. The molecule has 6 heteroatoms. The second kappa shape index (κ2) is 6.82. The Kier molecular flexibility index (Phi) is 5.69. The molecule has 1 aromatic rings. The molecule has 0 fully saturated rings. The standard InChI is InChI=1S/C13H16ClNO3S/c1-8(13(17)18)15(3)12(16)9(2)19-11-7-5-4-6-10(11)14/h4-9H,1-3H3,(H,17,18). The van der Waals surface area contributed by atoms with Gasteiger partial charge in [0.1, 0.15) is 6.04 Å². The van der Waals surface area contributed by atoms with Crippen molar-refractivity contribution in [1.82, 2.24) is 4.90 Å². The summed E-state index contributed by atoms with van der Waals surface area (Å²) in [5.74, 6) is -1.26. The molecule has 1 rings (SSSR count). The van der Waals surface area contributed by atoms with E-state index in [0.29, 0.717) is 5.02 Å². The van der Waals surface area contributed by atoms with Crippen LogP contribution >= 0.6 is 23.4 Å². The van der Waals surface area contributed by atoms with Crippen molar-refractivity contribution in [2.45, 2.75) is 30.0 Å². The lowest BCUT2D eigenvalue weighted by Crippen LogP contribution is -2.43. The summed E-state index contributed by atoms with van der Waals surface area (Å²) in [5, 5.41) is 9.08. The summed E-state index contributed by atoms with van der Waals surface area (Å²) < 4.78 is 0. The Hall–Kier alpha value is -1.20. The van der Waals surface area contributed by atoms with E-state index in [2.05, 4.69) is 0 Å². The van der Waals surface area contributed by atoms with E-state index in [1.807, 2.05) is 18.2 Å². The smallest absolute Gasteiger partial charge is 0.326 e. The van der Waals surface area contributed by atoms with E-state index in [4.69, 9.17) is 16.7 Å². The van der Waals surface area contributed by atoms with E-state index in [1.165, 1.54) is 30.6 Å². The molecule has 0 heterocycles. The maximum absolute atomic E-state index is 12.1. The zero-order chi connectivity index (χ0) is 14.6. The zero-order valence-corrected chi connectivity index (χ0v) is 12.5. The largest absolute Gasteiger partial charge is 0.480 e. The molecule has 0 aliphatic rings. The van der Waals surface area contributed by atoms with Gasteiger partial charge in [-0.15, -0.1) is 11.8 Å². The monoisotopic (exact) mass is 301 g/mol. The van der Waals surface area contributed by atoms with E-state index in [9.17, 15) is 9.59 Å². The van der Waals surface area contributed by atoms with Crippen molar-refractivity contribution in [3.63, 3.8) is 0 Å². The number of thioether (sulfide) groups is 1. The average Bonchev–Trinajstić information content (AvgIpc) is 2.38. The first-order valence-electron chi connectivity index (χ1n) is 5.75. The molecule has 0 bridgehead atoms. The molecular weight excluding hydrogens is 286 g/mol. The minimum atomic E-state index is -1.02. The molecule has 104 valence electrons. The molecule has 0 spiro atoms. The number of rotatable bonds is 5. The number of likely N-dealkylation sites (N-methyl/N-ethyl adjacent to an activating group) is 1. The Labute approximate surface area is 121 Å². The Bertz CT molecular complexity index is 481. The van der Waals surface area contributed by atoms with Gasteiger partial charge in [-0.1, -0.05) is 23.7 Å². The summed E-state index contributed by atoms with van der Waals surface area (Å²) in [6.07, 6.45) is 0. The predicted octanol–water partition coefficient (Wildman–Crippen LogP) is 2.75. The van der Waals surface area contributed by atoms with E-state index >= 15 is 0 Å². The number of carbonyl (C=O) groups excluding carboxylic acids is 1. The predicted molar refractivity (Wildman–Crippen MR) is 76.6 cm³/mol. The van der Waals surface area contributed by atoms with Crippen molar-refractivity contribution in [3.05, 3.63) is 29.3 Å². The summed E-state index contributed by atoms with van der Waals surface area (Å²) in [5.41, 5.74) is 0. The van der Waals surface area contributed by atoms with Crippen LogP contribution in [-0.2, 0) is 9.59 Å². The van der Waals surface area contributed by atoms with Gasteiger partial charge >= 0.3 is 5.97 Å². The van der Waals surface area contributed by atoms with E-state index < -0.39 is 17.3 Å². The van der Waals surface area contributed by atoms with Crippen LogP contribution in [0.2, 0.25) is 5.02 Å². The van der Waals surface area contributed by atoms with Gasteiger partial charge in [0.15, 0.2) is 0 Å². The maximum Gasteiger partial charge on any atom is 0.326 e. The second-order valence-corrected chi connectivity index (χ2v) is 5.94. The molecule has 4 nitrogen and oxygen atoms in total.